The van der Waals surface area contributed by atoms with E-state index < -0.39 is 0 Å². The van der Waals surface area contributed by atoms with Crippen molar-refractivity contribution in [3.05, 3.63) is 48.3 Å². The first-order valence-electron chi connectivity index (χ1n) is 10.6. The Morgan fingerprint density at radius 1 is 1.03 bits per heavy atom. The van der Waals surface area contributed by atoms with Gasteiger partial charge in [0.05, 0.1) is 25.5 Å². The third kappa shape index (κ3) is 5.10. The maximum absolute atomic E-state index is 12.6. The number of fused-ring (bicyclic) bond motifs is 1. The van der Waals surface area contributed by atoms with Crippen molar-refractivity contribution in [3.63, 3.8) is 0 Å². The normalized spacial score (nSPS) is 14.4. The Balaban J connectivity index is 1.49. The molecule has 1 aromatic heterocycles. The van der Waals surface area contributed by atoms with Crippen molar-refractivity contribution < 1.29 is 14.3 Å². The van der Waals surface area contributed by atoms with E-state index in [1.54, 1.807) is 32.4 Å². The molecule has 0 radical (unpaired) electrons. The Bertz CT molecular complexity index is 1070. The van der Waals surface area contributed by atoms with Gasteiger partial charge in [-0.05, 0) is 31.0 Å². The summed E-state index contributed by atoms with van der Waals surface area (Å²) < 4.78 is 10.6. The molecule has 1 amide bonds. The van der Waals surface area contributed by atoms with E-state index >= 15 is 0 Å². The highest BCUT2D eigenvalue weighted by molar-refractivity contribution is 8.00. The fourth-order valence-corrected chi connectivity index (χ4v) is 4.79. The maximum Gasteiger partial charge on any atom is 0.234 e. The lowest BCUT2D eigenvalue weighted by atomic mass is 9.88. The van der Waals surface area contributed by atoms with E-state index in [0.29, 0.717) is 23.1 Å². The van der Waals surface area contributed by atoms with Crippen LogP contribution in [0, 0.1) is 0 Å². The molecule has 162 valence electrons. The zero-order valence-electron chi connectivity index (χ0n) is 17.9. The molecule has 0 aliphatic heterocycles. The van der Waals surface area contributed by atoms with Gasteiger partial charge < -0.3 is 14.8 Å². The van der Waals surface area contributed by atoms with E-state index in [2.05, 4.69) is 5.32 Å². The highest BCUT2D eigenvalue weighted by Crippen LogP contribution is 2.34. The fraction of sp³-hybridized carbons (Fsp3) is 0.375. The number of para-hydroxylation sites is 1. The van der Waals surface area contributed by atoms with Gasteiger partial charge in [-0.2, -0.15) is 0 Å². The first-order valence-corrected chi connectivity index (χ1v) is 11.6. The number of carbonyl (C=O) groups is 1. The minimum Gasteiger partial charge on any atom is -0.493 e. The van der Waals surface area contributed by atoms with E-state index in [-0.39, 0.29) is 11.7 Å². The molecule has 1 saturated carbocycles. The molecule has 31 heavy (non-hydrogen) atoms. The average Bonchev–Trinajstić information content (AvgIpc) is 2.82. The van der Waals surface area contributed by atoms with Crippen LogP contribution in [0.25, 0.3) is 10.9 Å². The molecule has 6 nitrogen and oxygen atoms in total. The number of benzene rings is 2. The van der Waals surface area contributed by atoms with Gasteiger partial charge in [0.15, 0.2) is 11.5 Å². The lowest BCUT2D eigenvalue weighted by molar-refractivity contribution is -0.113. The summed E-state index contributed by atoms with van der Waals surface area (Å²) in [5, 5.41) is 4.79. The van der Waals surface area contributed by atoms with Gasteiger partial charge in [-0.3, -0.25) is 4.79 Å². The molecule has 3 aromatic rings. The summed E-state index contributed by atoms with van der Waals surface area (Å²) in [5.41, 5.74) is 1.61. The quantitative estimate of drug-likeness (QED) is 0.393. The largest absolute Gasteiger partial charge is 0.493 e. The lowest BCUT2D eigenvalue weighted by Crippen LogP contribution is -2.15. The van der Waals surface area contributed by atoms with Crippen LogP contribution in [-0.2, 0) is 4.79 Å². The predicted molar refractivity (Wildman–Crippen MR) is 124 cm³/mol. The van der Waals surface area contributed by atoms with Crippen molar-refractivity contribution >= 4 is 34.3 Å². The number of rotatable bonds is 7. The van der Waals surface area contributed by atoms with Crippen LogP contribution in [0.15, 0.2) is 47.5 Å². The molecule has 4 rings (SSSR count). The number of methoxy groups -OCH3 is 2. The number of carbonyl (C=O) groups excluding carboxylic acids is 1. The number of anilines is 1. The third-order valence-corrected chi connectivity index (χ3v) is 6.55. The fourth-order valence-electron chi connectivity index (χ4n) is 3.96. The molecule has 0 atom stereocenters. The molecule has 0 bridgehead atoms. The van der Waals surface area contributed by atoms with Crippen molar-refractivity contribution in [2.75, 3.05) is 25.3 Å². The van der Waals surface area contributed by atoms with E-state index in [1.807, 2.05) is 24.3 Å². The molecule has 1 aliphatic rings. The van der Waals surface area contributed by atoms with Crippen molar-refractivity contribution in [1.82, 2.24) is 9.97 Å². The minimum atomic E-state index is -0.0980. The average molecular weight is 438 g/mol. The minimum absolute atomic E-state index is 0.0980. The van der Waals surface area contributed by atoms with Gasteiger partial charge in [0.1, 0.15) is 10.9 Å². The summed E-state index contributed by atoms with van der Waals surface area (Å²) >= 11 is 1.45. The van der Waals surface area contributed by atoms with Crippen molar-refractivity contribution in [2.45, 2.75) is 43.0 Å². The first kappa shape index (κ1) is 21.4. The summed E-state index contributed by atoms with van der Waals surface area (Å²) in [7, 11) is 3.16. The van der Waals surface area contributed by atoms with Crippen LogP contribution < -0.4 is 14.8 Å². The number of nitrogens with zero attached hydrogens (tertiary/aromatic N) is 2. The van der Waals surface area contributed by atoms with Crippen molar-refractivity contribution in [2.24, 2.45) is 0 Å². The first-order chi connectivity index (χ1) is 15.2. The molecule has 1 aliphatic carbocycles. The van der Waals surface area contributed by atoms with Crippen molar-refractivity contribution in [1.29, 1.82) is 0 Å². The molecule has 1 heterocycles. The predicted octanol–water partition coefficient (Wildman–Crippen LogP) is 5.43. The molecule has 0 saturated heterocycles. The van der Waals surface area contributed by atoms with E-state index in [4.69, 9.17) is 19.4 Å². The molecule has 0 unspecified atom stereocenters. The van der Waals surface area contributed by atoms with Gasteiger partial charge in [0.2, 0.25) is 5.91 Å². The zero-order valence-corrected chi connectivity index (χ0v) is 18.7. The van der Waals surface area contributed by atoms with Crippen LogP contribution in [0.1, 0.15) is 43.8 Å². The number of nitrogens with one attached hydrogen (secondary N) is 1. The monoisotopic (exact) mass is 437 g/mol. The number of hydrogen-bond donors (Lipinski definition) is 1. The van der Waals surface area contributed by atoms with Crippen LogP contribution >= 0.6 is 11.8 Å². The highest BCUT2D eigenvalue weighted by atomic mass is 32.2. The zero-order chi connectivity index (χ0) is 21.6. The smallest absolute Gasteiger partial charge is 0.234 e. The molecule has 2 aromatic carbocycles. The molecule has 1 N–H and O–H groups in total. The Morgan fingerprint density at radius 3 is 2.58 bits per heavy atom. The Morgan fingerprint density at radius 2 is 1.81 bits per heavy atom. The number of ether oxygens (including phenoxy) is 2. The molecular formula is C24H27N3O3S. The Hall–Kier alpha value is -2.80. The SMILES string of the molecule is COc1ccc(NC(=O)CSc2nc(C3CCCCC3)nc3ccccc23)cc1OC. The van der Waals surface area contributed by atoms with Gasteiger partial charge in [0.25, 0.3) is 0 Å². The van der Waals surface area contributed by atoms with E-state index in [9.17, 15) is 4.79 Å². The van der Waals surface area contributed by atoms with Crippen LogP contribution in [-0.4, -0.2) is 35.8 Å². The topological polar surface area (TPSA) is 73.3 Å². The summed E-state index contributed by atoms with van der Waals surface area (Å²) in [6, 6.07) is 13.4. The number of hydrogen-bond acceptors (Lipinski definition) is 6. The molecule has 1 fully saturated rings. The standard InChI is InChI=1S/C24H27N3O3S/c1-29-20-13-12-17(14-21(20)30-2)25-22(28)15-31-24-18-10-6-7-11-19(18)26-23(27-24)16-8-4-3-5-9-16/h6-7,10-14,16H,3-5,8-9,15H2,1-2H3,(H,25,28). The molecule has 0 spiro atoms. The van der Waals surface area contributed by atoms with Crippen LogP contribution in [0.5, 0.6) is 11.5 Å². The molecular weight excluding hydrogens is 410 g/mol. The third-order valence-electron chi connectivity index (χ3n) is 5.56. The van der Waals surface area contributed by atoms with Gasteiger partial charge in [-0.25, -0.2) is 9.97 Å². The van der Waals surface area contributed by atoms with Gasteiger partial charge in [-0.1, -0.05) is 49.2 Å². The summed E-state index contributed by atoms with van der Waals surface area (Å²) in [6.07, 6.45) is 6.04. The summed E-state index contributed by atoms with van der Waals surface area (Å²) in [5.74, 6) is 2.70. The second-order valence-corrected chi connectivity index (χ2v) is 8.61. The van der Waals surface area contributed by atoms with Gasteiger partial charge >= 0.3 is 0 Å². The highest BCUT2D eigenvalue weighted by Gasteiger charge is 2.20. The second kappa shape index (κ2) is 10.0. The Labute approximate surface area is 186 Å². The van der Waals surface area contributed by atoms with E-state index in [1.165, 1.54) is 31.0 Å². The Kier molecular flexibility index (Phi) is 6.92. The van der Waals surface area contributed by atoms with Crippen molar-refractivity contribution in [3.8, 4) is 11.5 Å². The second-order valence-electron chi connectivity index (χ2n) is 7.65. The van der Waals surface area contributed by atoms with Crippen LogP contribution in [0.3, 0.4) is 0 Å². The van der Waals surface area contributed by atoms with Crippen LogP contribution in [0.2, 0.25) is 0 Å². The van der Waals surface area contributed by atoms with Crippen LogP contribution in [0.4, 0.5) is 5.69 Å². The summed E-state index contributed by atoms with van der Waals surface area (Å²) in [6.45, 7) is 0. The maximum atomic E-state index is 12.6. The summed E-state index contributed by atoms with van der Waals surface area (Å²) in [4.78, 5) is 22.3. The number of thioether (sulfide) groups is 1. The number of aromatic nitrogens is 2. The van der Waals surface area contributed by atoms with E-state index in [0.717, 1.165) is 34.6 Å². The lowest BCUT2D eigenvalue weighted by Gasteiger charge is -2.21. The van der Waals surface area contributed by atoms with Gasteiger partial charge in [-0.15, -0.1) is 0 Å². The number of amides is 1. The molecule has 7 heteroatoms. The van der Waals surface area contributed by atoms with Gasteiger partial charge in [0, 0.05) is 23.1 Å².